The van der Waals surface area contributed by atoms with Crippen LogP contribution < -0.4 is 5.46 Å². The lowest BCUT2D eigenvalue weighted by Gasteiger charge is -2.01. The van der Waals surface area contributed by atoms with Gasteiger partial charge in [-0.15, -0.1) is 0 Å². The highest BCUT2D eigenvalue weighted by molar-refractivity contribution is 6.34. The van der Waals surface area contributed by atoms with Crippen molar-refractivity contribution in [2.24, 2.45) is 0 Å². The summed E-state index contributed by atoms with van der Waals surface area (Å²) < 4.78 is 37.1. The lowest BCUT2D eigenvalue weighted by Crippen LogP contribution is -2.05. The van der Waals surface area contributed by atoms with E-state index in [1.54, 1.807) is 13.0 Å². The fourth-order valence-corrected chi connectivity index (χ4v) is 1.46. The Bertz CT molecular complexity index is 474. The van der Waals surface area contributed by atoms with Crippen molar-refractivity contribution in [3.05, 3.63) is 29.5 Å². The van der Waals surface area contributed by atoms with E-state index in [1.807, 2.05) is 0 Å². The van der Waals surface area contributed by atoms with Gasteiger partial charge in [0.05, 0.1) is 0 Å². The van der Waals surface area contributed by atoms with E-state index >= 15 is 0 Å². The third-order valence-corrected chi connectivity index (χ3v) is 2.31. The Morgan fingerprint density at radius 2 is 1.87 bits per heavy atom. The van der Waals surface area contributed by atoms with Crippen LogP contribution in [0.25, 0.3) is 10.9 Å². The van der Waals surface area contributed by atoms with E-state index < -0.39 is 11.9 Å². The van der Waals surface area contributed by atoms with Crippen LogP contribution in [0.15, 0.2) is 18.2 Å². The summed E-state index contributed by atoms with van der Waals surface area (Å²) in [7, 11) is 5.61. The van der Waals surface area contributed by atoms with Crippen molar-refractivity contribution in [3.63, 3.8) is 0 Å². The van der Waals surface area contributed by atoms with Gasteiger partial charge in [0.25, 0.3) is 0 Å². The van der Waals surface area contributed by atoms with Gasteiger partial charge in [-0.05, 0) is 24.4 Å². The van der Waals surface area contributed by atoms with Gasteiger partial charge in [-0.1, -0.05) is 17.1 Å². The predicted octanol–water partition coefficient (Wildman–Crippen LogP) is 2.29. The number of benzene rings is 1. The average molecular weight is 209 g/mol. The van der Waals surface area contributed by atoms with E-state index in [-0.39, 0.29) is 0 Å². The van der Waals surface area contributed by atoms with Gasteiger partial charge in [0, 0.05) is 5.52 Å². The molecule has 1 heterocycles. The van der Waals surface area contributed by atoms with Gasteiger partial charge < -0.3 is 4.98 Å². The number of rotatable bonds is 0. The molecule has 0 fully saturated rings. The number of hydrogen-bond donors (Lipinski definition) is 1. The minimum absolute atomic E-state index is 0.453. The highest BCUT2D eigenvalue weighted by Gasteiger charge is 2.32. The number of aromatic amines is 1. The van der Waals surface area contributed by atoms with E-state index in [9.17, 15) is 13.2 Å². The highest BCUT2D eigenvalue weighted by Crippen LogP contribution is 2.30. The number of aromatic nitrogens is 1. The zero-order valence-electron chi connectivity index (χ0n) is 7.94. The lowest BCUT2D eigenvalue weighted by molar-refractivity contribution is -0.140. The smallest absolute Gasteiger partial charge is 0.351 e. The lowest BCUT2D eigenvalue weighted by atomic mass is 9.90. The van der Waals surface area contributed by atoms with Crippen LogP contribution in [0.3, 0.4) is 0 Å². The number of H-pyrrole nitrogens is 1. The van der Waals surface area contributed by atoms with Crippen molar-refractivity contribution >= 4 is 24.2 Å². The Morgan fingerprint density at radius 3 is 2.47 bits per heavy atom. The van der Waals surface area contributed by atoms with Crippen LogP contribution in [0.1, 0.15) is 11.3 Å². The molecule has 0 bridgehead atoms. The Labute approximate surface area is 85.7 Å². The molecular formula is C10H7BF3N. The number of aryl methyl sites for hydroxylation is 1. The third kappa shape index (κ3) is 1.74. The second-order valence-corrected chi connectivity index (χ2v) is 3.48. The minimum Gasteiger partial charge on any atom is -0.351 e. The van der Waals surface area contributed by atoms with Crippen LogP contribution in [0.4, 0.5) is 13.2 Å². The molecule has 0 spiro atoms. The van der Waals surface area contributed by atoms with E-state index in [2.05, 4.69) is 4.98 Å². The maximum Gasteiger partial charge on any atom is 0.431 e. The van der Waals surface area contributed by atoms with Gasteiger partial charge in [0.2, 0.25) is 0 Å². The first-order chi connectivity index (χ1) is 6.88. The Morgan fingerprint density at radius 1 is 1.20 bits per heavy atom. The van der Waals surface area contributed by atoms with Crippen LogP contribution in [-0.2, 0) is 6.18 Å². The molecule has 0 saturated heterocycles. The fraction of sp³-hybridized carbons (Fsp3) is 0.200. The fourth-order valence-electron chi connectivity index (χ4n) is 1.46. The largest absolute Gasteiger partial charge is 0.431 e. The molecule has 5 heteroatoms. The van der Waals surface area contributed by atoms with Crippen molar-refractivity contribution in [1.82, 2.24) is 4.98 Å². The molecule has 2 rings (SSSR count). The number of alkyl halides is 3. The molecule has 0 amide bonds. The molecule has 0 atom stereocenters. The average Bonchev–Trinajstić information content (AvgIpc) is 2.47. The zero-order chi connectivity index (χ0) is 11.2. The molecule has 1 aromatic carbocycles. The van der Waals surface area contributed by atoms with Crippen molar-refractivity contribution in [2.75, 3.05) is 0 Å². The summed E-state index contributed by atoms with van der Waals surface area (Å²) in [6.07, 6.45) is -4.35. The molecule has 0 unspecified atom stereocenters. The van der Waals surface area contributed by atoms with E-state index in [1.165, 1.54) is 6.07 Å². The number of hydrogen-bond acceptors (Lipinski definition) is 0. The van der Waals surface area contributed by atoms with Crippen molar-refractivity contribution < 1.29 is 13.2 Å². The summed E-state index contributed by atoms with van der Waals surface area (Å²) in [4.78, 5) is 2.32. The summed E-state index contributed by atoms with van der Waals surface area (Å²) in [5.41, 5.74) is 0.963. The maximum absolute atomic E-state index is 12.4. The number of halogens is 3. The Hall–Kier alpha value is -1.39. The molecule has 1 nitrogen and oxygen atoms in total. The minimum atomic E-state index is -4.35. The van der Waals surface area contributed by atoms with Crippen LogP contribution in [0, 0.1) is 6.92 Å². The first kappa shape index (κ1) is 10.1. The van der Waals surface area contributed by atoms with Gasteiger partial charge in [-0.2, -0.15) is 13.2 Å². The predicted molar refractivity (Wildman–Crippen MR) is 53.4 cm³/mol. The topological polar surface area (TPSA) is 15.8 Å². The van der Waals surface area contributed by atoms with E-state index in [4.69, 9.17) is 7.85 Å². The molecule has 1 N–H and O–H groups in total. The molecule has 0 aliphatic heterocycles. The maximum atomic E-state index is 12.4. The molecule has 0 saturated carbocycles. The molecule has 0 aliphatic carbocycles. The van der Waals surface area contributed by atoms with Gasteiger partial charge >= 0.3 is 6.18 Å². The zero-order valence-corrected chi connectivity index (χ0v) is 7.94. The molecule has 1 aromatic heterocycles. The monoisotopic (exact) mass is 209 g/mol. The van der Waals surface area contributed by atoms with E-state index in [0.29, 0.717) is 16.4 Å². The highest BCUT2D eigenvalue weighted by atomic mass is 19.4. The van der Waals surface area contributed by atoms with Crippen LogP contribution in [0.2, 0.25) is 0 Å². The first-order valence-corrected chi connectivity index (χ1v) is 4.34. The van der Waals surface area contributed by atoms with Gasteiger partial charge in [-0.25, -0.2) is 0 Å². The van der Waals surface area contributed by atoms with Crippen molar-refractivity contribution in [1.29, 1.82) is 0 Å². The molecule has 2 radical (unpaired) electrons. The molecule has 0 aliphatic rings. The Kier molecular flexibility index (Phi) is 2.06. The second kappa shape index (κ2) is 3.05. The summed E-state index contributed by atoms with van der Waals surface area (Å²) in [5, 5.41) is 0.477. The number of nitrogens with one attached hydrogen (secondary N) is 1. The second-order valence-electron chi connectivity index (χ2n) is 3.48. The van der Waals surface area contributed by atoms with E-state index in [0.717, 1.165) is 11.6 Å². The SMILES string of the molecule is [B]c1cc2cc(C(F)(F)F)[nH]c2cc1C. The quantitative estimate of drug-likeness (QED) is 0.640. The molecule has 76 valence electrons. The summed E-state index contributed by atoms with van der Waals surface area (Å²) in [6.45, 7) is 1.75. The Balaban J connectivity index is 2.66. The van der Waals surface area contributed by atoms with Gasteiger partial charge in [0.15, 0.2) is 0 Å². The molecule has 15 heavy (non-hydrogen) atoms. The van der Waals surface area contributed by atoms with Crippen LogP contribution in [0.5, 0.6) is 0 Å². The van der Waals surface area contributed by atoms with Crippen LogP contribution in [-0.4, -0.2) is 12.8 Å². The van der Waals surface area contributed by atoms with Crippen molar-refractivity contribution in [2.45, 2.75) is 13.1 Å². The summed E-state index contributed by atoms with van der Waals surface area (Å²) in [5.74, 6) is 0. The molecule has 2 aromatic rings. The molecular weight excluding hydrogens is 202 g/mol. The van der Waals surface area contributed by atoms with Gasteiger partial charge in [0.1, 0.15) is 13.5 Å². The summed E-state index contributed by atoms with van der Waals surface area (Å²) >= 11 is 0. The normalized spacial score (nSPS) is 12.3. The third-order valence-electron chi connectivity index (χ3n) is 2.31. The van der Waals surface area contributed by atoms with Crippen LogP contribution >= 0.6 is 0 Å². The van der Waals surface area contributed by atoms with Gasteiger partial charge in [-0.3, -0.25) is 0 Å². The summed E-state index contributed by atoms with van der Waals surface area (Å²) in [6, 6.07) is 4.21. The standard InChI is InChI=1S/C10H7BF3N/c1-5-2-8-6(3-7(5)11)4-9(15-8)10(12,13)14/h2-4,15H,1H3. The first-order valence-electron chi connectivity index (χ1n) is 4.34. The number of fused-ring (bicyclic) bond motifs is 1. The van der Waals surface area contributed by atoms with Crippen molar-refractivity contribution in [3.8, 4) is 0 Å².